The average Bonchev–Trinajstić information content (AvgIpc) is 2.52. The third-order valence-corrected chi connectivity index (χ3v) is 3.12. The molecule has 0 aliphatic heterocycles. The Morgan fingerprint density at radius 2 is 1.95 bits per heavy atom. The van der Waals surface area contributed by atoms with Crippen LogP contribution in [0.4, 0.5) is 21.8 Å². The Morgan fingerprint density at radius 1 is 1.19 bits per heavy atom. The number of unbranched alkanes of at least 4 members (excludes halogenated alkanes) is 1. The predicted molar refractivity (Wildman–Crippen MR) is 84.5 cm³/mol. The van der Waals surface area contributed by atoms with Crippen molar-refractivity contribution in [2.75, 3.05) is 23.3 Å². The number of aromatic nitrogens is 2. The molecule has 112 valence electrons. The lowest BCUT2D eigenvalue weighted by molar-refractivity contribution is 0.608. The number of rotatable bonds is 7. The second-order valence-electron chi connectivity index (χ2n) is 4.74. The quantitative estimate of drug-likeness (QED) is 0.836. The van der Waals surface area contributed by atoms with Gasteiger partial charge in [0.05, 0.1) is 6.20 Å². The van der Waals surface area contributed by atoms with Crippen LogP contribution < -0.4 is 10.2 Å². The molecule has 0 aliphatic rings. The van der Waals surface area contributed by atoms with Crippen molar-refractivity contribution in [1.29, 1.82) is 0 Å². The van der Waals surface area contributed by atoms with Gasteiger partial charge < -0.3 is 10.2 Å². The summed E-state index contributed by atoms with van der Waals surface area (Å²) < 4.78 is 14.2. The number of anilines is 3. The number of nitrogens with one attached hydrogen (secondary N) is 1. The van der Waals surface area contributed by atoms with Crippen LogP contribution in [-0.4, -0.2) is 23.1 Å². The Labute approximate surface area is 125 Å². The molecule has 1 heterocycles. The predicted octanol–water partition coefficient (Wildman–Crippen LogP) is 3.99. The van der Waals surface area contributed by atoms with Crippen LogP contribution in [0.2, 0.25) is 0 Å². The second kappa shape index (κ2) is 7.57. The summed E-state index contributed by atoms with van der Waals surface area (Å²) in [5.74, 6) is 0.364. The van der Waals surface area contributed by atoms with Gasteiger partial charge in [-0.1, -0.05) is 31.5 Å². The van der Waals surface area contributed by atoms with Crippen LogP contribution in [0.25, 0.3) is 0 Å². The fraction of sp³-hybridized carbons (Fsp3) is 0.375. The van der Waals surface area contributed by atoms with Crippen molar-refractivity contribution < 1.29 is 4.39 Å². The summed E-state index contributed by atoms with van der Waals surface area (Å²) in [6.45, 7) is 5.49. The van der Waals surface area contributed by atoms with Gasteiger partial charge in [-0.15, -0.1) is 0 Å². The van der Waals surface area contributed by atoms with Crippen molar-refractivity contribution in [1.82, 2.24) is 9.97 Å². The van der Waals surface area contributed by atoms with E-state index in [-0.39, 0.29) is 0 Å². The molecule has 0 atom stereocenters. The molecule has 0 spiro atoms. The maximum Gasteiger partial charge on any atom is 0.224 e. The maximum absolute atomic E-state index is 14.2. The largest absolute Gasteiger partial charge is 0.354 e. The number of para-hydroxylation sites is 1. The van der Waals surface area contributed by atoms with E-state index in [4.69, 9.17) is 0 Å². The van der Waals surface area contributed by atoms with Crippen molar-refractivity contribution in [3.05, 3.63) is 42.3 Å². The lowest BCUT2D eigenvalue weighted by Crippen LogP contribution is -2.21. The zero-order valence-corrected chi connectivity index (χ0v) is 12.5. The van der Waals surface area contributed by atoms with E-state index in [9.17, 15) is 4.39 Å². The molecule has 2 aromatic rings. The molecule has 0 radical (unpaired) electrons. The molecule has 21 heavy (non-hydrogen) atoms. The molecule has 0 fully saturated rings. The molecule has 0 bridgehead atoms. The molecule has 1 aromatic heterocycles. The Morgan fingerprint density at radius 3 is 2.62 bits per heavy atom. The van der Waals surface area contributed by atoms with Crippen molar-refractivity contribution in [2.24, 2.45) is 0 Å². The summed E-state index contributed by atoms with van der Waals surface area (Å²) in [7, 11) is 0. The van der Waals surface area contributed by atoms with Crippen LogP contribution in [0, 0.1) is 5.82 Å². The van der Waals surface area contributed by atoms with Gasteiger partial charge in [-0.2, -0.15) is 4.98 Å². The van der Waals surface area contributed by atoms with E-state index in [1.165, 1.54) is 6.20 Å². The molecule has 1 N–H and O–H groups in total. The molecule has 0 aliphatic carbocycles. The lowest BCUT2D eigenvalue weighted by Gasteiger charge is -2.24. The molecule has 0 unspecified atom stereocenters. The summed E-state index contributed by atoms with van der Waals surface area (Å²) in [5.41, 5.74) is 0.936. The minimum Gasteiger partial charge on any atom is -0.354 e. The van der Waals surface area contributed by atoms with Crippen molar-refractivity contribution in [2.45, 2.75) is 26.7 Å². The normalized spacial score (nSPS) is 10.4. The summed E-state index contributed by atoms with van der Waals surface area (Å²) in [6.07, 6.45) is 3.23. The third kappa shape index (κ3) is 3.90. The number of halogens is 1. The highest BCUT2D eigenvalue weighted by molar-refractivity contribution is 5.61. The summed E-state index contributed by atoms with van der Waals surface area (Å²) in [4.78, 5) is 10.2. The second-order valence-corrected chi connectivity index (χ2v) is 4.74. The van der Waals surface area contributed by atoms with Crippen LogP contribution in [0.3, 0.4) is 0 Å². The van der Waals surface area contributed by atoms with E-state index in [1.807, 2.05) is 42.2 Å². The SMILES string of the molecule is CCCCN(c1ccccc1)c1nc(NCC)ncc1F. The summed E-state index contributed by atoms with van der Waals surface area (Å²) >= 11 is 0. The molecule has 1 aromatic carbocycles. The van der Waals surface area contributed by atoms with Gasteiger partial charge in [0.1, 0.15) is 0 Å². The number of nitrogens with zero attached hydrogens (tertiary/aromatic N) is 3. The van der Waals surface area contributed by atoms with Crippen LogP contribution in [-0.2, 0) is 0 Å². The van der Waals surface area contributed by atoms with Gasteiger partial charge in [0.25, 0.3) is 0 Å². The van der Waals surface area contributed by atoms with Gasteiger partial charge in [-0.05, 0) is 25.5 Å². The fourth-order valence-electron chi connectivity index (χ4n) is 2.07. The summed E-state index contributed by atoms with van der Waals surface area (Å²) in [6, 6.07) is 9.76. The van der Waals surface area contributed by atoms with E-state index in [1.54, 1.807) is 0 Å². The first-order chi connectivity index (χ1) is 10.3. The van der Waals surface area contributed by atoms with Gasteiger partial charge in [0.2, 0.25) is 5.95 Å². The lowest BCUT2D eigenvalue weighted by atomic mass is 10.2. The Kier molecular flexibility index (Phi) is 5.49. The van der Waals surface area contributed by atoms with Crippen LogP contribution >= 0.6 is 0 Å². The zero-order valence-electron chi connectivity index (χ0n) is 12.5. The molecule has 2 rings (SSSR count). The van der Waals surface area contributed by atoms with E-state index in [0.717, 1.165) is 25.1 Å². The number of benzene rings is 1. The average molecular weight is 288 g/mol. The number of hydrogen-bond donors (Lipinski definition) is 1. The van der Waals surface area contributed by atoms with Crippen LogP contribution in [0.1, 0.15) is 26.7 Å². The van der Waals surface area contributed by atoms with E-state index >= 15 is 0 Å². The van der Waals surface area contributed by atoms with Gasteiger partial charge in [-0.3, -0.25) is 0 Å². The Hall–Kier alpha value is -2.17. The van der Waals surface area contributed by atoms with E-state index < -0.39 is 5.82 Å². The monoisotopic (exact) mass is 288 g/mol. The highest BCUT2D eigenvalue weighted by Gasteiger charge is 2.16. The third-order valence-electron chi connectivity index (χ3n) is 3.12. The van der Waals surface area contributed by atoms with Crippen LogP contribution in [0.15, 0.2) is 36.5 Å². The molecular formula is C16H21FN4. The fourth-order valence-corrected chi connectivity index (χ4v) is 2.07. The molecule has 4 nitrogen and oxygen atoms in total. The van der Waals surface area contributed by atoms with Crippen molar-refractivity contribution >= 4 is 17.5 Å². The van der Waals surface area contributed by atoms with Gasteiger partial charge in [0, 0.05) is 18.8 Å². The van der Waals surface area contributed by atoms with Crippen molar-refractivity contribution in [3.8, 4) is 0 Å². The highest BCUT2D eigenvalue weighted by atomic mass is 19.1. The highest BCUT2D eigenvalue weighted by Crippen LogP contribution is 2.26. The standard InChI is InChI=1S/C16H21FN4/c1-3-5-11-21(13-9-7-6-8-10-13)15-14(17)12-19-16(20-15)18-4-2/h6-10,12H,3-5,11H2,1-2H3,(H,18,19,20). The topological polar surface area (TPSA) is 41.1 Å². The molecule has 5 heteroatoms. The number of hydrogen-bond acceptors (Lipinski definition) is 4. The van der Waals surface area contributed by atoms with Gasteiger partial charge >= 0.3 is 0 Å². The minimum atomic E-state index is -0.406. The smallest absolute Gasteiger partial charge is 0.224 e. The Balaban J connectivity index is 2.38. The first-order valence-corrected chi connectivity index (χ1v) is 7.35. The maximum atomic E-state index is 14.2. The first-order valence-electron chi connectivity index (χ1n) is 7.35. The minimum absolute atomic E-state index is 0.320. The van der Waals surface area contributed by atoms with Crippen LogP contribution in [0.5, 0.6) is 0 Å². The van der Waals surface area contributed by atoms with Crippen molar-refractivity contribution in [3.63, 3.8) is 0 Å². The molecular weight excluding hydrogens is 267 g/mol. The van der Waals surface area contributed by atoms with Gasteiger partial charge in [-0.25, -0.2) is 9.37 Å². The zero-order chi connectivity index (χ0) is 15.1. The first kappa shape index (κ1) is 15.2. The van der Waals surface area contributed by atoms with Gasteiger partial charge in [0.15, 0.2) is 11.6 Å². The van der Waals surface area contributed by atoms with E-state index in [2.05, 4.69) is 22.2 Å². The molecule has 0 saturated carbocycles. The Bertz CT molecular complexity index is 559. The molecule has 0 amide bonds. The van der Waals surface area contributed by atoms with E-state index in [0.29, 0.717) is 18.3 Å². The molecule has 0 saturated heterocycles. The summed E-state index contributed by atoms with van der Waals surface area (Å²) in [5, 5.41) is 3.02.